The molecule has 0 heterocycles. The molecule has 0 spiro atoms. The number of hydrogen-bond donors (Lipinski definition) is 1. The molecule has 2 atom stereocenters. The summed E-state index contributed by atoms with van der Waals surface area (Å²) in [4.78, 5) is 0. The molecule has 0 aromatic rings. The molecule has 90 valence electrons. The predicted molar refractivity (Wildman–Crippen MR) is 62.8 cm³/mol. The van der Waals surface area contributed by atoms with Crippen molar-refractivity contribution in [3.8, 4) is 0 Å². The van der Waals surface area contributed by atoms with Crippen LogP contribution in [0.4, 0.5) is 0 Å². The van der Waals surface area contributed by atoms with Gasteiger partial charge in [-0.15, -0.1) is 0 Å². The molecule has 1 fully saturated rings. The first-order valence-corrected chi connectivity index (χ1v) is 6.43. The zero-order valence-electron chi connectivity index (χ0n) is 10.4. The van der Waals surface area contributed by atoms with Crippen molar-refractivity contribution in [1.82, 2.24) is 0 Å². The molecule has 1 saturated carbocycles. The summed E-state index contributed by atoms with van der Waals surface area (Å²) in [6, 6.07) is 0. The first-order chi connectivity index (χ1) is 7.22. The highest BCUT2D eigenvalue weighted by Gasteiger charge is 2.30. The maximum absolute atomic E-state index is 10.2. The molecule has 2 unspecified atom stereocenters. The van der Waals surface area contributed by atoms with E-state index in [1.165, 1.54) is 32.1 Å². The van der Waals surface area contributed by atoms with Crippen molar-refractivity contribution in [2.24, 2.45) is 11.8 Å². The summed E-state index contributed by atoms with van der Waals surface area (Å²) in [6.07, 6.45) is 6.93. The van der Waals surface area contributed by atoms with E-state index in [0.29, 0.717) is 5.92 Å². The third-order valence-corrected chi connectivity index (χ3v) is 4.04. The number of aliphatic hydroxyl groups is 1. The first-order valence-electron chi connectivity index (χ1n) is 6.43. The quantitative estimate of drug-likeness (QED) is 0.762. The van der Waals surface area contributed by atoms with E-state index in [4.69, 9.17) is 4.74 Å². The van der Waals surface area contributed by atoms with E-state index in [9.17, 15) is 5.11 Å². The van der Waals surface area contributed by atoms with Gasteiger partial charge >= 0.3 is 0 Å². The zero-order valence-corrected chi connectivity index (χ0v) is 10.4. The van der Waals surface area contributed by atoms with Gasteiger partial charge in [0.15, 0.2) is 0 Å². The number of hydrogen-bond acceptors (Lipinski definition) is 2. The standard InChI is InChI=1S/C13H26O2/c1-4-10-6-8-11(9-7-10)13(14)12(5-2)15-3/h10-14H,4-9H2,1-3H3. The fourth-order valence-electron chi connectivity index (χ4n) is 2.79. The summed E-state index contributed by atoms with van der Waals surface area (Å²) in [6.45, 7) is 4.35. The molecule has 15 heavy (non-hydrogen) atoms. The summed E-state index contributed by atoms with van der Waals surface area (Å²) in [7, 11) is 1.70. The van der Waals surface area contributed by atoms with Gasteiger partial charge in [0, 0.05) is 7.11 Å². The van der Waals surface area contributed by atoms with Gasteiger partial charge in [0.05, 0.1) is 12.2 Å². The van der Waals surface area contributed by atoms with Gasteiger partial charge in [0.2, 0.25) is 0 Å². The van der Waals surface area contributed by atoms with E-state index in [-0.39, 0.29) is 12.2 Å². The lowest BCUT2D eigenvalue weighted by Crippen LogP contribution is -2.36. The fraction of sp³-hybridized carbons (Fsp3) is 1.00. The number of rotatable bonds is 5. The van der Waals surface area contributed by atoms with Crippen molar-refractivity contribution >= 4 is 0 Å². The minimum Gasteiger partial charge on any atom is -0.390 e. The lowest BCUT2D eigenvalue weighted by Gasteiger charge is -2.34. The second-order valence-electron chi connectivity index (χ2n) is 4.86. The first kappa shape index (κ1) is 13.0. The fourth-order valence-corrected chi connectivity index (χ4v) is 2.79. The van der Waals surface area contributed by atoms with E-state index >= 15 is 0 Å². The lowest BCUT2D eigenvalue weighted by molar-refractivity contribution is -0.0535. The summed E-state index contributed by atoms with van der Waals surface area (Å²) in [5.41, 5.74) is 0. The van der Waals surface area contributed by atoms with Crippen molar-refractivity contribution in [3.05, 3.63) is 0 Å². The van der Waals surface area contributed by atoms with Gasteiger partial charge < -0.3 is 9.84 Å². The van der Waals surface area contributed by atoms with Crippen LogP contribution in [0, 0.1) is 11.8 Å². The van der Waals surface area contributed by atoms with E-state index in [1.54, 1.807) is 7.11 Å². The van der Waals surface area contributed by atoms with Crippen LogP contribution in [0.2, 0.25) is 0 Å². The molecule has 1 aliphatic carbocycles. The number of aliphatic hydroxyl groups excluding tert-OH is 1. The predicted octanol–water partition coefficient (Wildman–Crippen LogP) is 2.99. The third-order valence-electron chi connectivity index (χ3n) is 4.04. The van der Waals surface area contributed by atoms with Crippen LogP contribution in [0.5, 0.6) is 0 Å². The average molecular weight is 214 g/mol. The maximum atomic E-state index is 10.2. The number of methoxy groups -OCH3 is 1. The van der Waals surface area contributed by atoms with E-state index in [1.807, 2.05) is 0 Å². The Morgan fingerprint density at radius 1 is 1.20 bits per heavy atom. The molecule has 0 saturated heterocycles. The van der Waals surface area contributed by atoms with Gasteiger partial charge in [-0.2, -0.15) is 0 Å². The summed E-state index contributed by atoms with van der Waals surface area (Å²) in [5.74, 6) is 1.37. The Bertz CT molecular complexity index is 158. The van der Waals surface area contributed by atoms with Gasteiger partial charge in [-0.05, 0) is 31.1 Å². The van der Waals surface area contributed by atoms with Gasteiger partial charge in [-0.25, -0.2) is 0 Å². The smallest absolute Gasteiger partial charge is 0.0830 e. The second kappa shape index (κ2) is 6.49. The van der Waals surface area contributed by atoms with Crippen molar-refractivity contribution in [1.29, 1.82) is 0 Å². The molecule has 0 radical (unpaired) electrons. The highest BCUT2D eigenvalue weighted by Crippen LogP contribution is 2.33. The van der Waals surface area contributed by atoms with Crippen LogP contribution in [0.3, 0.4) is 0 Å². The van der Waals surface area contributed by atoms with Crippen LogP contribution in [-0.2, 0) is 4.74 Å². The van der Waals surface area contributed by atoms with Crippen LogP contribution in [0.15, 0.2) is 0 Å². The van der Waals surface area contributed by atoms with E-state index in [2.05, 4.69) is 13.8 Å². The van der Waals surface area contributed by atoms with E-state index < -0.39 is 0 Å². The van der Waals surface area contributed by atoms with Gasteiger partial charge in [-0.3, -0.25) is 0 Å². The van der Waals surface area contributed by atoms with Gasteiger partial charge in [0.25, 0.3) is 0 Å². The molecule has 2 heteroatoms. The Hall–Kier alpha value is -0.0800. The Morgan fingerprint density at radius 3 is 2.20 bits per heavy atom. The van der Waals surface area contributed by atoms with Crippen molar-refractivity contribution in [2.45, 2.75) is 64.6 Å². The molecule has 1 N–H and O–H groups in total. The summed E-state index contributed by atoms with van der Waals surface area (Å²) < 4.78 is 5.32. The molecular formula is C13H26O2. The van der Waals surface area contributed by atoms with Crippen molar-refractivity contribution in [2.75, 3.05) is 7.11 Å². The zero-order chi connectivity index (χ0) is 11.3. The van der Waals surface area contributed by atoms with Crippen molar-refractivity contribution in [3.63, 3.8) is 0 Å². The van der Waals surface area contributed by atoms with E-state index in [0.717, 1.165) is 12.3 Å². The van der Waals surface area contributed by atoms with Crippen LogP contribution < -0.4 is 0 Å². The molecule has 0 amide bonds. The van der Waals surface area contributed by atoms with Gasteiger partial charge in [-0.1, -0.05) is 33.1 Å². The minimum absolute atomic E-state index is 0.0353. The van der Waals surface area contributed by atoms with Crippen LogP contribution >= 0.6 is 0 Å². The molecule has 0 aromatic carbocycles. The monoisotopic (exact) mass is 214 g/mol. The minimum atomic E-state index is -0.252. The molecule has 0 aromatic heterocycles. The molecule has 0 bridgehead atoms. The SMILES string of the molecule is CCC1CCC(C(O)C(CC)OC)CC1. The second-order valence-corrected chi connectivity index (χ2v) is 4.86. The average Bonchev–Trinajstić information content (AvgIpc) is 2.30. The topological polar surface area (TPSA) is 29.5 Å². The lowest BCUT2D eigenvalue weighted by atomic mass is 9.77. The van der Waals surface area contributed by atoms with Gasteiger partial charge in [0.1, 0.15) is 0 Å². The van der Waals surface area contributed by atoms with Crippen molar-refractivity contribution < 1.29 is 9.84 Å². The Morgan fingerprint density at radius 2 is 1.80 bits per heavy atom. The highest BCUT2D eigenvalue weighted by atomic mass is 16.5. The Labute approximate surface area is 94.0 Å². The number of ether oxygens (including phenoxy) is 1. The molecule has 2 nitrogen and oxygen atoms in total. The Balaban J connectivity index is 2.38. The molecule has 0 aliphatic heterocycles. The van der Waals surface area contributed by atoms with Crippen LogP contribution in [-0.4, -0.2) is 24.4 Å². The third kappa shape index (κ3) is 3.46. The Kier molecular flexibility index (Phi) is 5.62. The maximum Gasteiger partial charge on any atom is 0.0830 e. The largest absolute Gasteiger partial charge is 0.390 e. The summed E-state index contributed by atoms with van der Waals surface area (Å²) in [5, 5.41) is 10.2. The molecular weight excluding hydrogens is 188 g/mol. The molecule has 1 rings (SSSR count). The molecule has 1 aliphatic rings. The summed E-state index contributed by atoms with van der Waals surface area (Å²) >= 11 is 0. The van der Waals surface area contributed by atoms with Crippen LogP contribution in [0.25, 0.3) is 0 Å². The highest BCUT2D eigenvalue weighted by molar-refractivity contribution is 4.81. The van der Waals surface area contributed by atoms with Crippen LogP contribution in [0.1, 0.15) is 52.4 Å². The normalized spacial score (nSPS) is 31.2.